The molecular weight excluding hydrogens is 298 g/mol. The van der Waals surface area contributed by atoms with Gasteiger partial charge < -0.3 is 18.9 Å². The Balaban J connectivity index is 1.52. The molecule has 4 rings (SSSR count). The van der Waals surface area contributed by atoms with Crippen LogP contribution in [0.5, 0.6) is 11.5 Å². The Labute approximate surface area is 133 Å². The number of rotatable bonds is 2. The van der Waals surface area contributed by atoms with Crippen LogP contribution in [0.15, 0.2) is 28.8 Å². The van der Waals surface area contributed by atoms with Crippen LogP contribution in [0.1, 0.15) is 30.6 Å². The van der Waals surface area contributed by atoms with Crippen molar-refractivity contribution < 1.29 is 18.8 Å². The summed E-state index contributed by atoms with van der Waals surface area (Å²) >= 11 is 0. The molecule has 0 unspecified atom stereocenters. The van der Waals surface area contributed by atoms with E-state index in [1.165, 1.54) is 0 Å². The van der Waals surface area contributed by atoms with Gasteiger partial charge in [-0.25, -0.2) is 0 Å². The number of carbonyl (C=O) groups is 1. The first kappa shape index (κ1) is 14.0. The number of ether oxygens (including phenoxy) is 2. The Morgan fingerprint density at radius 3 is 2.91 bits per heavy atom. The van der Waals surface area contributed by atoms with E-state index in [0.29, 0.717) is 29.8 Å². The van der Waals surface area contributed by atoms with Crippen LogP contribution in [-0.2, 0) is 4.79 Å². The standard InChI is InChI=1S/C16H17N3O4/c1-10-17-15(18-23-10)11-5-4-8-19(11)16(20)14-9-21-12-6-2-3-7-13(12)22-14/h2-3,6-7,11,14H,4-5,8-9H2,1H3/t11-,14-/m0/s1. The maximum absolute atomic E-state index is 12.8. The summed E-state index contributed by atoms with van der Waals surface area (Å²) < 4.78 is 16.5. The number of hydrogen-bond donors (Lipinski definition) is 0. The number of amides is 1. The van der Waals surface area contributed by atoms with Crippen LogP contribution in [0.3, 0.4) is 0 Å². The van der Waals surface area contributed by atoms with Crippen molar-refractivity contribution in [3.8, 4) is 11.5 Å². The van der Waals surface area contributed by atoms with Crippen LogP contribution in [-0.4, -0.2) is 40.2 Å². The highest BCUT2D eigenvalue weighted by Crippen LogP contribution is 2.34. The van der Waals surface area contributed by atoms with Gasteiger partial charge in [-0.05, 0) is 25.0 Å². The summed E-state index contributed by atoms with van der Waals surface area (Å²) in [6.07, 6.45) is 1.10. The minimum atomic E-state index is -0.640. The Hall–Kier alpha value is -2.57. The summed E-state index contributed by atoms with van der Waals surface area (Å²) in [6.45, 7) is 2.62. The van der Waals surface area contributed by atoms with Crippen LogP contribution in [0.4, 0.5) is 0 Å². The average Bonchev–Trinajstić information content (AvgIpc) is 3.22. The highest BCUT2D eigenvalue weighted by molar-refractivity contribution is 5.82. The predicted molar refractivity (Wildman–Crippen MR) is 79.1 cm³/mol. The molecule has 0 spiro atoms. The molecule has 0 N–H and O–H groups in total. The Morgan fingerprint density at radius 2 is 2.13 bits per heavy atom. The van der Waals surface area contributed by atoms with E-state index < -0.39 is 6.10 Å². The van der Waals surface area contributed by atoms with Gasteiger partial charge in [0.2, 0.25) is 12.0 Å². The van der Waals surface area contributed by atoms with Crippen molar-refractivity contribution in [2.75, 3.05) is 13.2 Å². The van der Waals surface area contributed by atoms with Gasteiger partial charge in [-0.3, -0.25) is 4.79 Å². The lowest BCUT2D eigenvalue weighted by Gasteiger charge is -2.30. The van der Waals surface area contributed by atoms with E-state index in [1.807, 2.05) is 18.2 Å². The number of aromatic nitrogens is 2. The second kappa shape index (κ2) is 5.57. The fourth-order valence-corrected chi connectivity index (χ4v) is 3.08. The third-order valence-corrected chi connectivity index (χ3v) is 4.16. The summed E-state index contributed by atoms with van der Waals surface area (Å²) in [7, 11) is 0. The van der Waals surface area contributed by atoms with Crippen molar-refractivity contribution in [2.45, 2.75) is 31.9 Å². The van der Waals surface area contributed by atoms with Crippen LogP contribution < -0.4 is 9.47 Å². The zero-order valence-electron chi connectivity index (χ0n) is 12.8. The second-order valence-corrected chi connectivity index (χ2v) is 5.73. The monoisotopic (exact) mass is 315 g/mol. The number of hydrogen-bond acceptors (Lipinski definition) is 6. The van der Waals surface area contributed by atoms with Gasteiger partial charge in [-0.15, -0.1) is 0 Å². The lowest BCUT2D eigenvalue weighted by Crippen LogP contribution is -2.46. The van der Waals surface area contributed by atoms with Crippen LogP contribution in [0, 0.1) is 6.92 Å². The van der Waals surface area contributed by atoms with E-state index in [-0.39, 0.29) is 18.6 Å². The molecular formula is C16H17N3O4. The molecule has 0 radical (unpaired) electrons. The first-order valence-corrected chi connectivity index (χ1v) is 7.71. The van der Waals surface area contributed by atoms with Crippen molar-refractivity contribution in [2.24, 2.45) is 0 Å². The minimum absolute atomic E-state index is 0.0931. The predicted octanol–water partition coefficient (Wildman–Crippen LogP) is 1.88. The van der Waals surface area contributed by atoms with E-state index in [4.69, 9.17) is 14.0 Å². The number of para-hydroxylation sites is 2. The van der Waals surface area contributed by atoms with Gasteiger partial charge in [0.05, 0.1) is 6.04 Å². The smallest absolute Gasteiger partial charge is 0.267 e. The van der Waals surface area contributed by atoms with Gasteiger partial charge in [0.25, 0.3) is 5.91 Å². The van der Waals surface area contributed by atoms with Crippen molar-refractivity contribution in [1.82, 2.24) is 15.0 Å². The molecule has 2 atom stereocenters. The van der Waals surface area contributed by atoms with Crippen LogP contribution in [0.25, 0.3) is 0 Å². The summed E-state index contributed by atoms with van der Waals surface area (Å²) in [5.41, 5.74) is 0. The molecule has 23 heavy (non-hydrogen) atoms. The molecule has 1 saturated heterocycles. The lowest BCUT2D eigenvalue weighted by atomic mass is 10.2. The highest BCUT2D eigenvalue weighted by Gasteiger charge is 2.39. The number of carbonyl (C=O) groups excluding carboxylic acids is 1. The fourth-order valence-electron chi connectivity index (χ4n) is 3.08. The molecule has 2 aromatic rings. The van der Waals surface area contributed by atoms with Gasteiger partial charge >= 0.3 is 0 Å². The third-order valence-electron chi connectivity index (χ3n) is 4.16. The van der Waals surface area contributed by atoms with E-state index >= 15 is 0 Å². The first-order chi connectivity index (χ1) is 11.2. The van der Waals surface area contributed by atoms with E-state index in [9.17, 15) is 4.79 Å². The molecule has 0 aliphatic carbocycles. The molecule has 0 saturated carbocycles. The van der Waals surface area contributed by atoms with Gasteiger partial charge in [-0.1, -0.05) is 17.3 Å². The van der Waals surface area contributed by atoms with Crippen LogP contribution >= 0.6 is 0 Å². The first-order valence-electron chi connectivity index (χ1n) is 7.71. The average molecular weight is 315 g/mol. The number of benzene rings is 1. The van der Waals surface area contributed by atoms with Crippen molar-refractivity contribution in [3.63, 3.8) is 0 Å². The molecule has 2 aliphatic rings. The SMILES string of the molecule is Cc1nc([C@@H]2CCCN2C(=O)[C@@H]2COc3ccccc3O2)no1. The molecule has 7 nitrogen and oxygen atoms in total. The Morgan fingerprint density at radius 1 is 1.30 bits per heavy atom. The van der Waals surface area contributed by atoms with E-state index in [2.05, 4.69) is 10.1 Å². The number of likely N-dealkylation sites (tertiary alicyclic amines) is 1. The van der Waals surface area contributed by atoms with Gasteiger partial charge in [0.1, 0.15) is 6.61 Å². The van der Waals surface area contributed by atoms with Crippen molar-refractivity contribution >= 4 is 5.91 Å². The van der Waals surface area contributed by atoms with Crippen molar-refractivity contribution in [3.05, 3.63) is 36.0 Å². The quantitative estimate of drug-likeness (QED) is 0.842. The van der Waals surface area contributed by atoms with Gasteiger partial charge in [0, 0.05) is 13.5 Å². The topological polar surface area (TPSA) is 77.7 Å². The zero-order valence-corrected chi connectivity index (χ0v) is 12.8. The molecule has 3 heterocycles. The van der Waals surface area contributed by atoms with Crippen LogP contribution in [0.2, 0.25) is 0 Å². The number of fused-ring (bicyclic) bond motifs is 1. The molecule has 120 valence electrons. The highest BCUT2D eigenvalue weighted by atomic mass is 16.6. The third kappa shape index (κ3) is 2.52. The maximum Gasteiger partial charge on any atom is 0.267 e. The van der Waals surface area contributed by atoms with Gasteiger partial charge in [0.15, 0.2) is 17.3 Å². The minimum Gasteiger partial charge on any atom is -0.485 e. The molecule has 7 heteroatoms. The molecule has 0 bridgehead atoms. The van der Waals surface area contributed by atoms with E-state index in [1.54, 1.807) is 17.9 Å². The van der Waals surface area contributed by atoms with Gasteiger partial charge in [-0.2, -0.15) is 4.98 Å². The summed E-state index contributed by atoms with van der Waals surface area (Å²) in [5, 5.41) is 3.96. The largest absolute Gasteiger partial charge is 0.485 e. The number of aryl methyl sites for hydroxylation is 1. The summed E-state index contributed by atoms with van der Waals surface area (Å²) in [4.78, 5) is 18.9. The normalized spacial score (nSPS) is 23.1. The second-order valence-electron chi connectivity index (χ2n) is 5.73. The Bertz CT molecular complexity index is 730. The van der Waals surface area contributed by atoms with Crippen molar-refractivity contribution in [1.29, 1.82) is 0 Å². The molecule has 2 aliphatic heterocycles. The molecule has 1 fully saturated rings. The fraction of sp³-hybridized carbons (Fsp3) is 0.438. The van der Waals surface area contributed by atoms with E-state index in [0.717, 1.165) is 12.8 Å². The molecule has 1 aromatic heterocycles. The maximum atomic E-state index is 12.8. The molecule has 1 aromatic carbocycles. The Kier molecular flexibility index (Phi) is 3.40. The lowest BCUT2D eigenvalue weighted by molar-refractivity contribution is -0.142. The zero-order chi connectivity index (χ0) is 15.8. The summed E-state index contributed by atoms with van der Waals surface area (Å²) in [6, 6.07) is 7.21. The summed E-state index contributed by atoms with van der Waals surface area (Å²) in [5.74, 6) is 2.24. The molecule has 1 amide bonds. The number of nitrogens with zero attached hydrogens (tertiary/aromatic N) is 3.